The number of esters is 1. The molecule has 0 saturated carbocycles. The van der Waals surface area contributed by atoms with E-state index in [1.807, 2.05) is 24.4 Å². The Morgan fingerprint density at radius 3 is 3.19 bits per heavy atom. The molecule has 2 heterocycles. The Morgan fingerprint density at radius 1 is 1.52 bits per heavy atom. The van der Waals surface area contributed by atoms with Crippen LogP contribution in [-0.2, 0) is 9.53 Å². The highest BCUT2D eigenvalue weighted by molar-refractivity contribution is 9.11. The van der Waals surface area contributed by atoms with E-state index in [9.17, 15) is 4.79 Å². The predicted octanol–water partition coefficient (Wildman–Crippen LogP) is 3.30. The number of ether oxygens (including phenoxy) is 2. The number of H-pyrrole nitrogens is 1. The lowest BCUT2D eigenvalue weighted by Crippen LogP contribution is -2.22. The van der Waals surface area contributed by atoms with E-state index >= 15 is 0 Å². The van der Waals surface area contributed by atoms with Crippen LogP contribution in [0.2, 0.25) is 0 Å². The van der Waals surface area contributed by atoms with Crippen LogP contribution in [0.1, 0.15) is 6.42 Å². The van der Waals surface area contributed by atoms with Gasteiger partial charge < -0.3 is 14.5 Å². The second kappa shape index (κ2) is 5.73. The minimum Gasteiger partial charge on any atom is -0.468 e. The number of hydrogen-bond acceptors (Lipinski definition) is 4. The summed E-state index contributed by atoms with van der Waals surface area (Å²) in [6.07, 6.45) is 7.69. The van der Waals surface area contributed by atoms with Crippen molar-refractivity contribution in [2.45, 2.75) is 6.42 Å². The number of carbonyl (C=O) groups excluding carboxylic acids is 1. The van der Waals surface area contributed by atoms with Gasteiger partial charge in [-0.25, -0.2) is 4.98 Å². The zero-order valence-corrected chi connectivity index (χ0v) is 12.9. The van der Waals surface area contributed by atoms with E-state index in [1.54, 1.807) is 12.3 Å². The molecule has 21 heavy (non-hydrogen) atoms. The minimum atomic E-state index is -0.432. The van der Waals surface area contributed by atoms with E-state index in [0.29, 0.717) is 17.9 Å². The number of halogens is 1. The lowest BCUT2D eigenvalue weighted by Gasteiger charge is -2.20. The average molecular weight is 349 g/mol. The van der Waals surface area contributed by atoms with Crippen LogP contribution in [0.4, 0.5) is 0 Å². The summed E-state index contributed by atoms with van der Waals surface area (Å²) < 4.78 is 11.6. The Bertz CT molecular complexity index is 748. The summed E-state index contributed by atoms with van der Waals surface area (Å²) in [7, 11) is 1.38. The second-order valence-electron chi connectivity index (χ2n) is 4.64. The topological polar surface area (TPSA) is 64.2 Å². The summed E-state index contributed by atoms with van der Waals surface area (Å²) in [4.78, 5) is 19.1. The van der Waals surface area contributed by atoms with Crippen molar-refractivity contribution < 1.29 is 14.3 Å². The fraction of sp³-hybridized carbons (Fsp3) is 0.200. The number of pyridine rings is 1. The molecule has 0 aromatic carbocycles. The van der Waals surface area contributed by atoms with Crippen LogP contribution < -0.4 is 4.74 Å². The highest BCUT2D eigenvalue weighted by atomic mass is 79.9. The van der Waals surface area contributed by atoms with Crippen LogP contribution in [0.3, 0.4) is 0 Å². The number of hydrogen-bond donors (Lipinski definition) is 1. The van der Waals surface area contributed by atoms with Crippen molar-refractivity contribution in [1.29, 1.82) is 0 Å². The molecule has 0 saturated heterocycles. The fourth-order valence-electron chi connectivity index (χ4n) is 2.21. The Balaban J connectivity index is 1.89. The number of carbonyl (C=O) groups is 1. The summed E-state index contributed by atoms with van der Waals surface area (Å²) in [5.74, 6) is 0.392. The molecule has 108 valence electrons. The van der Waals surface area contributed by atoms with Gasteiger partial charge in [-0.05, 0) is 24.6 Å². The van der Waals surface area contributed by atoms with Crippen LogP contribution in [0.5, 0.6) is 5.75 Å². The Morgan fingerprint density at radius 2 is 2.38 bits per heavy atom. The molecule has 0 fully saturated rings. The number of methoxy groups -OCH3 is 1. The number of aromatic nitrogens is 2. The molecule has 0 radical (unpaired) electrons. The molecule has 0 spiro atoms. The van der Waals surface area contributed by atoms with Crippen LogP contribution in [0, 0.1) is 5.92 Å². The van der Waals surface area contributed by atoms with Crippen molar-refractivity contribution in [2.24, 2.45) is 5.92 Å². The van der Waals surface area contributed by atoms with Gasteiger partial charge in [0.2, 0.25) is 0 Å². The molecule has 5 nitrogen and oxygen atoms in total. The van der Waals surface area contributed by atoms with Crippen molar-refractivity contribution in [3.05, 3.63) is 46.9 Å². The molecule has 1 N–H and O–H groups in total. The molecule has 1 aliphatic rings. The molecule has 0 bridgehead atoms. The summed E-state index contributed by atoms with van der Waals surface area (Å²) in [6, 6.07) is 3.79. The molecular weight excluding hydrogens is 336 g/mol. The van der Waals surface area contributed by atoms with Crippen molar-refractivity contribution in [1.82, 2.24) is 9.97 Å². The van der Waals surface area contributed by atoms with Gasteiger partial charge in [-0.3, -0.25) is 4.79 Å². The maximum atomic E-state index is 11.8. The van der Waals surface area contributed by atoms with E-state index in [0.717, 1.165) is 15.5 Å². The summed E-state index contributed by atoms with van der Waals surface area (Å²) in [5.41, 5.74) is 0.797. The van der Waals surface area contributed by atoms with Crippen LogP contribution in [0.25, 0.3) is 11.0 Å². The normalized spacial score (nSPS) is 18.1. The third-order valence-corrected chi connectivity index (χ3v) is 3.82. The lowest BCUT2D eigenvalue weighted by molar-refractivity contribution is -0.144. The van der Waals surface area contributed by atoms with Crippen LogP contribution >= 0.6 is 15.9 Å². The standard InChI is InChI=1S/C15H13BrN2O3/c1-20-15(19)12-3-2-10(16)7-13(12)21-11-6-9-4-5-17-14(9)18-8-11/h2,4-8,12H,3H2,1H3,(H,17,18). The third kappa shape index (κ3) is 2.85. The largest absolute Gasteiger partial charge is 0.468 e. The quantitative estimate of drug-likeness (QED) is 0.864. The van der Waals surface area contributed by atoms with Gasteiger partial charge in [-0.1, -0.05) is 22.0 Å². The number of nitrogens with zero attached hydrogens (tertiary/aromatic N) is 1. The number of rotatable bonds is 3. The maximum absolute atomic E-state index is 11.8. The highest BCUT2D eigenvalue weighted by Gasteiger charge is 2.27. The van der Waals surface area contributed by atoms with E-state index in [2.05, 4.69) is 25.9 Å². The number of aromatic amines is 1. The molecule has 1 atom stereocenters. The van der Waals surface area contributed by atoms with Crippen molar-refractivity contribution in [2.75, 3.05) is 7.11 Å². The van der Waals surface area contributed by atoms with E-state index < -0.39 is 5.92 Å². The molecule has 2 aromatic heterocycles. The zero-order chi connectivity index (χ0) is 14.8. The third-order valence-electron chi connectivity index (χ3n) is 3.27. The van der Waals surface area contributed by atoms with Gasteiger partial charge in [0, 0.05) is 16.1 Å². The number of fused-ring (bicyclic) bond motifs is 1. The van der Waals surface area contributed by atoms with E-state index in [4.69, 9.17) is 9.47 Å². The molecule has 0 aliphatic heterocycles. The molecule has 6 heteroatoms. The molecule has 1 aliphatic carbocycles. The van der Waals surface area contributed by atoms with Crippen LogP contribution in [-0.4, -0.2) is 23.0 Å². The Hall–Kier alpha value is -2.08. The molecule has 0 amide bonds. The monoisotopic (exact) mass is 348 g/mol. The van der Waals surface area contributed by atoms with Crippen LogP contribution in [0.15, 0.2) is 46.9 Å². The van der Waals surface area contributed by atoms with E-state index in [-0.39, 0.29) is 5.97 Å². The van der Waals surface area contributed by atoms with Gasteiger partial charge in [-0.15, -0.1) is 0 Å². The fourth-order valence-corrected chi connectivity index (χ4v) is 2.62. The molecule has 3 rings (SSSR count). The number of allylic oxidation sites excluding steroid dienone is 3. The minimum absolute atomic E-state index is 0.312. The van der Waals surface area contributed by atoms with Gasteiger partial charge in [0.25, 0.3) is 0 Å². The first-order valence-corrected chi connectivity index (χ1v) is 7.23. The number of nitrogens with one attached hydrogen (secondary N) is 1. The van der Waals surface area contributed by atoms with Gasteiger partial charge in [0.05, 0.1) is 13.3 Å². The summed E-state index contributed by atoms with van der Waals surface area (Å²) in [5, 5.41) is 0.952. The maximum Gasteiger partial charge on any atom is 0.316 e. The molecule has 1 unspecified atom stereocenters. The van der Waals surface area contributed by atoms with Crippen molar-refractivity contribution in [3.8, 4) is 5.75 Å². The SMILES string of the molecule is COC(=O)C1CC=C(Br)C=C1Oc1cnc2[nH]ccc2c1. The first-order valence-electron chi connectivity index (χ1n) is 6.43. The van der Waals surface area contributed by atoms with Gasteiger partial charge in [-0.2, -0.15) is 0 Å². The molecular formula is C15H13BrN2O3. The summed E-state index contributed by atoms with van der Waals surface area (Å²) >= 11 is 3.41. The van der Waals surface area contributed by atoms with Gasteiger partial charge >= 0.3 is 5.97 Å². The Labute approximate surface area is 129 Å². The van der Waals surface area contributed by atoms with Crippen molar-refractivity contribution in [3.63, 3.8) is 0 Å². The van der Waals surface area contributed by atoms with E-state index in [1.165, 1.54) is 7.11 Å². The zero-order valence-electron chi connectivity index (χ0n) is 11.3. The first-order chi connectivity index (χ1) is 10.2. The lowest BCUT2D eigenvalue weighted by atomic mass is 9.98. The smallest absolute Gasteiger partial charge is 0.316 e. The predicted molar refractivity (Wildman–Crippen MR) is 81.9 cm³/mol. The second-order valence-corrected chi connectivity index (χ2v) is 5.55. The van der Waals surface area contributed by atoms with Crippen molar-refractivity contribution >= 4 is 32.9 Å². The average Bonchev–Trinajstić information content (AvgIpc) is 2.94. The first kappa shape index (κ1) is 13.9. The Kier molecular flexibility index (Phi) is 3.79. The van der Waals surface area contributed by atoms with Gasteiger partial charge in [0.15, 0.2) is 0 Å². The van der Waals surface area contributed by atoms with Gasteiger partial charge in [0.1, 0.15) is 23.1 Å². The summed E-state index contributed by atoms with van der Waals surface area (Å²) in [6.45, 7) is 0. The molecule has 2 aromatic rings. The highest BCUT2D eigenvalue weighted by Crippen LogP contribution is 2.30.